The van der Waals surface area contributed by atoms with E-state index in [1.165, 1.54) is 17.0 Å². The van der Waals surface area contributed by atoms with E-state index in [4.69, 9.17) is 23.2 Å². The number of hydrogen-bond donors (Lipinski definition) is 2. The third kappa shape index (κ3) is 5.92. The number of aliphatic hydroxyl groups excluding tert-OH is 1. The number of rotatable bonds is 5. The number of benzene rings is 3. The van der Waals surface area contributed by atoms with E-state index in [0.29, 0.717) is 15.6 Å². The lowest BCUT2D eigenvalue weighted by atomic mass is 10.1. The van der Waals surface area contributed by atoms with Gasteiger partial charge >= 0.3 is 12.2 Å². The molecule has 36 heavy (non-hydrogen) atoms. The highest BCUT2D eigenvalue weighted by Crippen LogP contribution is 2.32. The second-order valence-corrected chi connectivity index (χ2v) is 9.06. The van der Waals surface area contributed by atoms with Crippen molar-refractivity contribution in [3.8, 4) is 0 Å². The first-order valence-electron chi connectivity index (χ1n) is 10.8. The van der Waals surface area contributed by atoms with Crippen molar-refractivity contribution in [2.45, 2.75) is 32.5 Å². The number of aliphatic hydroxyl groups is 1. The number of carbonyl (C=O) groups excluding carboxylic acids is 1. The second kappa shape index (κ2) is 10.4. The molecule has 1 unspecified atom stereocenters. The van der Waals surface area contributed by atoms with Crippen LogP contribution in [0.25, 0.3) is 0 Å². The molecule has 6 nitrogen and oxygen atoms in total. The Bertz CT molecular complexity index is 1300. The first kappa shape index (κ1) is 25.8. The summed E-state index contributed by atoms with van der Waals surface area (Å²) in [7, 11) is 0. The summed E-state index contributed by atoms with van der Waals surface area (Å²) in [6.45, 7) is 2.04. The highest BCUT2D eigenvalue weighted by atomic mass is 35.5. The lowest BCUT2D eigenvalue weighted by Gasteiger charge is -2.42. The van der Waals surface area contributed by atoms with Gasteiger partial charge in [0.05, 0.1) is 34.4 Å². The molecule has 1 heterocycles. The van der Waals surface area contributed by atoms with Crippen molar-refractivity contribution in [3.63, 3.8) is 0 Å². The van der Waals surface area contributed by atoms with E-state index in [2.05, 4.69) is 10.3 Å². The van der Waals surface area contributed by atoms with Crippen molar-refractivity contribution in [2.75, 3.05) is 0 Å². The summed E-state index contributed by atoms with van der Waals surface area (Å²) < 4.78 is 39.6. The average molecular weight is 537 g/mol. The maximum atomic E-state index is 13.2. The van der Waals surface area contributed by atoms with E-state index < -0.39 is 24.1 Å². The van der Waals surface area contributed by atoms with Crippen molar-refractivity contribution >= 4 is 40.9 Å². The first-order valence-corrected chi connectivity index (χ1v) is 11.5. The quantitative estimate of drug-likeness (QED) is 0.401. The number of aliphatic imine (C=N–C) groups is 1. The molecule has 1 aliphatic heterocycles. The normalized spacial score (nSPS) is 17.5. The fourth-order valence-electron chi connectivity index (χ4n) is 3.62. The van der Waals surface area contributed by atoms with Crippen LogP contribution in [0.2, 0.25) is 10.0 Å². The van der Waals surface area contributed by atoms with Crippen LogP contribution in [0.15, 0.2) is 71.7 Å². The number of alkyl halides is 3. The molecule has 3 aromatic carbocycles. The lowest BCUT2D eigenvalue weighted by Crippen LogP contribution is -2.64. The molecule has 188 valence electrons. The van der Waals surface area contributed by atoms with Gasteiger partial charge < -0.3 is 5.11 Å². The molecule has 3 aromatic rings. The van der Waals surface area contributed by atoms with Crippen LogP contribution in [0, 0.1) is 6.92 Å². The Kier molecular flexibility index (Phi) is 7.44. The standard InChI is InChI=1S/C25H21Cl2F3N4O2/c1-15-5-7-16(8-6-15)13-33-22(31-19-4-2-3-18(12-19)25(28,29)30)32-23(35)34(24(33)36)14-17-9-10-20(26)21(27)11-17/h2-12,24,36H,13-14H2,1H3,(H,31,32,35). The zero-order valence-electron chi connectivity index (χ0n) is 18.9. The van der Waals surface area contributed by atoms with Crippen molar-refractivity contribution in [1.29, 1.82) is 0 Å². The number of guanidine groups is 1. The maximum Gasteiger partial charge on any atom is 0.416 e. The van der Waals surface area contributed by atoms with Crippen LogP contribution in [-0.4, -0.2) is 33.2 Å². The lowest BCUT2D eigenvalue weighted by molar-refractivity contribution is -0.137. The molecule has 0 aromatic heterocycles. The SMILES string of the molecule is Cc1ccc(CN2C(=Nc3cccc(C(F)(F)F)c3)NC(=O)N(Cc3ccc(Cl)c(Cl)c3)C2O)cc1. The molecule has 2 amide bonds. The third-order valence-corrected chi connectivity index (χ3v) is 6.27. The molecule has 0 aliphatic carbocycles. The van der Waals surface area contributed by atoms with Gasteiger partial charge in [-0.05, 0) is 48.4 Å². The highest BCUT2D eigenvalue weighted by molar-refractivity contribution is 6.42. The number of carbonyl (C=O) groups is 1. The molecule has 4 rings (SSSR count). The van der Waals surface area contributed by atoms with E-state index in [-0.39, 0.29) is 24.7 Å². The smallest absolute Gasteiger partial charge is 0.356 e. The number of halogens is 5. The monoisotopic (exact) mass is 536 g/mol. The average Bonchev–Trinajstić information content (AvgIpc) is 2.82. The van der Waals surface area contributed by atoms with E-state index in [0.717, 1.165) is 28.2 Å². The summed E-state index contributed by atoms with van der Waals surface area (Å²) in [5.74, 6) is -0.0854. The predicted molar refractivity (Wildman–Crippen MR) is 132 cm³/mol. The van der Waals surface area contributed by atoms with Crippen molar-refractivity contribution in [1.82, 2.24) is 15.1 Å². The van der Waals surface area contributed by atoms with Gasteiger partial charge in [-0.15, -0.1) is 0 Å². The molecule has 0 radical (unpaired) electrons. The molecule has 0 spiro atoms. The highest BCUT2D eigenvalue weighted by Gasteiger charge is 2.37. The third-order valence-electron chi connectivity index (χ3n) is 5.53. The molecule has 1 aliphatic rings. The van der Waals surface area contributed by atoms with E-state index in [9.17, 15) is 23.1 Å². The predicted octanol–water partition coefficient (Wildman–Crippen LogP) is 6.31. The van der Waals surface area contributed by atoms with Gasteiger partial charge in [0.25, 0.3) is 0 Å². The Hall–Kier alpha value is -3.27. The zero-order chi connectivity index (χ0) is 26.0. The number of amides is 2. The molecule has 1 saturated heterocycles. The summed E-state index contributed by atoms with van der Waals surface area (Å²) in [5, 5.41) is 14.4. The van der Waals surface area contributed by atoms with Crippen molar-refractivity contribution < 1.29 is 23.1 Å². The fourth-order valence-corrected chi connectivity index (χ4v) is 3.94. The molecule has 0 bridgehead atoms. The number of urea groups is 1. The Morgan fingerprint density at radius 3 is 2.28 bits per heavy atom. The fraction of sp³-hybridized carbons (Fsp3) is 0.200. The Labute approximate surface area is 215 Å². The molecule has 1 atom stereocenters. The van der Waals surface area contributed by atoms with Crippen LogP contribution >= 0.6 is 23.2 Å². The minimum absolute atomic E-state index is 0.00880. The first-order chi connectivity index (χ1) is 17.0. The summed E-state index contributed by atoms with van der Waals surface area (Å²) >= 11 is 12.1. The van der Waals surface area contributed by atoms with Crippen LogP contribution in [0.1, 0.15) is 22.3 Å². The van der Waals surface area contributed by atoms with Gasteiger partial charge in [0.1, 0.15) is 0 Å². The van der Waals surface area contributed by atoms with Gasteiger partial charge in [0.15, 0.2) is 0 Å². The van der Waals surface area contributed by atoms with E-state index in [1.54, 1.807) is 18.2 Å². The summed E-state index contributed by atoms with van der Waals surface area (Å²) in [6.07, 6.45) is -6.02. The Balaban J connectivity index is 1.69. The largest absolute Gasteiger partial charge is 0.416 e. The van der Waals surface area contributed by atoms with Gasteiger partial charge in [0, 0.05) is 0 Å². The van der Waals surface area contributed by atoms with Crippen molar-refractivity contribution in [2.24, 2.45) is 4.99 Å². The van der Waals surface area contributed by atoms with Gasteiger partial charge in [-0.3, -0.25) is 15.1 Å². The van der Waals surface area contributed by atoms with Crippen LogP contribution < -0.4 is 5.32 Å². The second-order valence-electron chi connectivity index (χ2n) is 8.25. The Morgan fingerprint density at radius 1 is 0.944 bits per heavy atom. The van der Waals surface area contributed by atoms with Gasteiger partial charge in [-0.2, -0.15) is 13.2 Å². The molecular formula is C25H21Cl2F3N4O2. The summed E-state index contributed by atoms with van der Waals surface area (Å²) in [4.78, 5) is 19.7. The van der Waals surface area contributed by atoms with Crippen LogP contribution in [0.3, 0.4) is 0 Å². The van der Waals surface area contributed by atoms with Crippen LogP contribution in [0.4, 0.5) is 23.7 Å². The molecule has 2 N–H and O–H groups in total. The van der Waals surface area contributed by atoms with Crippen LogP contribution in [-0.2, 0) is 19.3 Å². The van der Waals surface area contributed by atoms with Gasteiger partial charge in [-0.25, -0.2) is 9.79 Å². The number of nitrogens with one attached hydrogen (secondary N) is 1. The van der Waals surface area contributed by atoms with E-state index >= 15 is 0 Å². The maximum absolute atomic E-state index is 13.2. The number of aryl methyl sites for hydroxylation is 1. The van der Waals surface area contributed by atoms with Gasteiger partial charge in [0.2, 0.25) is 12.3 Å². The Morgan fingerprint density at radius 2 is 1.61 bits per heavy atom. The molecule has 11 heteroatoms. The van der Waals surface area contributed by atoms with Crippen molar-refractivity contribution in [3.05, 3.63) is 99.0 Å². The summed E-state index contributed by atoms with van der Waals surface area (Å²) in [5.41, 5.74) is 1.54. The minimum atomic E-state index is -4.55. The zero-order valence-corrected chi connectivity index (χ0v) is 20.4. The minimum Gasteiger partial charge on any atom is -0.356 e. The molecule has 1 fully saturated rings. The van der Waals surface area contributed by atoms with E-state index in [1.807, 2.05) is 31.2 Å². The number of hydrogen-bond acceptors (Lipinski definition) is 3. The van der Waals surface area contributed by atoms with Crippen LogP contribution in [0.5, 0.6) is 0 Å². The topological polar surface area (TPSA) is 68.2 Å². The summed E-state index contributed by atoms with van der Waals surface area (Å²) in [6, 6.07) is 16.1. The number of nitrogens with zero attached hydrogens (tertiary/aromatic N) is 3. The molecular weight excluding hydrogens is 516 g/mol. The molecule has 0 saturated carbocycles. The van der Waals surface area contributed by atoms with Gasteiger partial charge in [-0.1, -0.05) is 65.2 Å².